The summed E-state index contributed by atoms with van der Waals surface area (Å²) in [4.78, 5) is 38.0. The molecule has 26 heavy (non-hydrogen) atoms. The van der Waals surface area contributed by atoms with Gasteiger partial charge in [0, 0.05) is 24.7 Å². The van der Waals surface area contributed by atoms with E-state index in [4.69, 9.17) is 4.74 Å². The third-order valence-electron chi connectivity index (χ3n) is 5.85. The van der Waals surface area contributed by atoms with E-state index in [2.05, 4.69) is 5.32 Å². The first-order chi connectivity index (χ1) is 12.6. The Morgan fingerprint density at radius 2 is 2.04 bits per heavy atom. The summed E-state index contributed by atoms with van der Waals surface area (Å²) >= 11 is 0. The summed E-state index contributed by atoms with van der Waals surface area (Å²) in [6.45, 7) is 0.695. The van der Waals surface area contributed by atoms with Crippen LogP contribution >= 0.6 is 0 Å². The molecule has 0 bridgehead atoms. The Hall–Kier alpha value is -2.37. The highest BCUT2D eigenvalue weighted by atomic mass is 16.5. The summed E-state index contributed by atoms with van der Waals surface area (Å²) in [7, 11) is 0. The monoisotopic (exact) mass is 356 g/mol. The highest BCUT2D eigenvalue weighted by Gasteiger charge is 2.55. The molecule has 6 nitrogen and oxygen atoms in total. The molecule has 1 aromatic rings. The Labute approximate surface area is 152 Å². The van der Waals surface area contributed by atoms with Gasteiger partial charge in [-0.1, -0.05) is 12.5 Å². The molecule has 3 aliphatic rings. The number of carbonyl (C=O) groups is 3. The minimum atomic E-state index is -0.268. The molecular weight excluding hydrogens is 332 g/mol. The molecule has 2 aliphatic carbocycles. The molecule has 138 valence electrons. The molecule has 2 saturated carbocycles. The van der Waals surface area contributed by atoms with E-state index in [-0.39, 0.29) is 29.7 Å². The largest absolute Gasteiger partial charge is 0.426 e. The van der Waals surface area contributed by atoms with Crippen molar-refractivity contribution in [1.82, 2.24) is 4.90 Å². The summed E-state index contributed by atoms with van der Waals surface area (Å²) in [5, 5.41) is 2.78. The Morgan fingerprint density at radius 1 is 1.23 bits per heavy atom. The molecule has 4 rings (SSSR count). The van der Waals surface area contributed by atoms with Crippen LogP contribution < -0.4 is 10.1 Å². The molecular formula is C20H24N2O4. The van der Waals surface area contributed by atoms with E-state index in [0.717, 1.165) is 38.5 Å². The van der Waals surface area contributed by atoms with Crippen molar-refractivity contribution >= 4 is 23.5 Å². The fourth-order valence-electron chi connectivity index (χ4n) is 4.06. The van der Waals surface area contributed by atoms with Crippen LogP contribution in [0, 0.1) is 11.3 Å². The van der Waals surface area contributed by atoms with Gasteiger partial charge in [0.15, 0.2) is 0 Å². The molecule has 0 unspecified atom stereocenters. The molecule has 1 aromatic carbocycles. The molecule has 1 heterocycles. The highest BCUT2D eigenvalue weighted by Crippen LogP contribution is 2.57. The normalized spacial score (nSPS) is 21.2. The lowest BCUT2D eigenvalue weighted by molar-refractivity contribution is -0.153. The van der Waals surface area contributed by atoms with E-state index >= 15 is 0 Å². The molecule has 0 atom stereocenters. The van der Waals surface area contributed by atoms with E-state index in [9.17, 15) is 14.4 Å². The summed E-state index contributed by atoms with van der Waals surface area (Å²) in [5.41, 5.74) is 0.302. The van der Waals surface area contributed by atoms with Crippen LogP contribution in [0.25, 0.3) is 0 Å². The van der Waals surface area contributed by atoms with Gasteiger partial charge in [0.2, 0.25) is 11.8 Å². The summed E-state index contributed by atoms with van der Waals surface area (Å²) < 4.78 is 5.64. The zero-order valence-corrected chi connectivity index (χ0v) is 14.8. The van der Waals surface area contributed by atoms with Crippen LogP contribution in [0.1, 0.15) is 44.9 Å². The number of hydrogen-bond acceptors (Lipinski definition) is 4. The number of amides is 2. The van der Waals surface area contributed by atoms with Gasteiger partial charge in [-0.15, -0.1) is 0 Å². The van der Waals surface area contributed by atoms with Crippen molar-refractivity contribution in [2.75, 3.05) is 18.4 Å². The third kappa shape index (κ3) is 3.32. The van der Waals surface area contributed by atoms with Gasteiger partial charge in [0.1, 0.15) is 5.75 Å². The lowest BCUT2D eigenvalue weighted by Gasteiger charge is -2.39. The number of benzene rings is 1. The zero-order valence-electron chi connectivity index (χ0n) is 14.8. The van der Waals surface area contributed by atoms with Gasteiger partial charge >= 0.3 is 5.97 Å². The average molecular weight is 356 g/mol. The lowest BCUT2D eigenvalue weighted by Crippen LogP contribution is -2.42. The van der Waals surface area contributed by atoms with Crippen molar-refractivity contribution in [2.45, 2.75) is 44.9 Å². The zero-order chi connectivity index (χ0) is 18.1. The maximum atomic E-state index is 12.6. The van der Waals surface area contributed by atoms with E-state index < -0.39 is 0 Å². The topological polar surface area (TPSA) is 75.7 Å². The van der Waals surface area contributed by atoms with Gasteiger partial charge < -0.3 is 15.0 Å². The van der Waals surface area contributed by atoms with E-state index in [0.29, 0.717) is 30.3 Å². The van der Waals surface area contributed by atoms with Crippen molar-refractivity contribution in [1.29, 1.82) is 0 Å². The second kappa shape index (κ2) is 6.74. The highest BCUT2D eigenvalue weighted by molar-refractivity contribution is 5.95. The molecule has 0 radical (unpaired) electrons. The minimum absolute atomic E-state index is 0.0219. The van der Waals surface area contributed by atoms with Crippen molar-refractivity contribution in [3.8, 4) is 5.75 Å². The summed E-state index contributed by atoms with van der Waals surface area (Å²) in [5.74, 6) is 0.602. The third-order valence-corrected chi connectivity index (χ3v) is 5.85. The van der Waals surface area contributed by atoms with E-state index in [1.807, 2.05) is 0 Å². The van der Waals surface area contributed by atoms with Gasteiger partial charge in [0.25, 0.3) is 0 Å². The number of rotatable bonds is 6. The van der Waals surface area contributed by atoms with E-state index in [1.165, 1.54) is 0 Å². The van der Waals surface area contributed by atoms with Crippen LogP contribution in [-0.2, 0) is 14.4 Å². The van der Waals surface area contributed by atoms with Crippen molar-refractivity contribution < 1.29 is 19.1 Å². The minimum Gasteiger partial charge on any atom is -0.426 e. The van der Waals surface area contributed by atoms with Crippen LogP contribution in [0.15, 0.2) is 24.3 Å². The van der Waals surface area contributed by atoms with Crippen LogP contribution in [-0.4, -0.2) is 35.8 Å². The number of hydrogen-bond donors (Lipinski definition) is 1. The Kier molecular flexibility index (Phi) is 4.42. The summed E-state index contributed by atoms with van der Waals surface area (Å²) in [6.07, 6.45) is 6.52. The predicted octanol–water partition coefficient (Wildman–Crippen LogP) is 2.73. The van der Waals surface area contributed by atoms with Gasteiger partial charge in [-0.05, 0) is 50.2 Å². The molecule has 1 aliphatic heterocycles. The Bertz CT molecular complexity index is 737. The molecule has 1 N–H and O–H groups in total. The smallest absolute Gasteiger partial charge is 0.317 e. The summed E-state index contributed by atoms with van der Waals surface area (Å²) in [6, 6.07) is 6.91. The first-order valence-corrected chi connectivity index (χ1v) is 9.47. The van der Waals surface area contributed by atoms with Crippen LogP contribution in [0.2, 0.25) is 0 Å². The molecule has 3 fully saturated rings. The number of likely N-dealkylation sites (tertiary alicyclic amines) is 1. The Balaban J connectivity index is 1.36. The fourth-order valence-corrected chi connectivity index (χ4v) is 4.06. The maximum absolute atomic E-state index is 12.6. The first-order valence-electron chi connectivity index (χ1n) is 9.47. The predicted molar refractivity (Wildman–Crippen MR) is 95.5 cm³/mol. The van der Waals surface area contributed by atoms with Gasteiger partial charge in [-0.2, -0.15) is 0 Å². The van der Waals surface area contributed by atoms with Crippen molar-refractivity contribution in [2.24, 2.45) is 11.3 Å². The molecule has 1 saturated heterocycles. The lowest BCUT2D eigenvalue weighted by atomic mass is 9.65. The van der Waals surface area contributed by atoms with Crippen LogP contribution in [0.5, 0.6) is 5.75 Å². The van der Waals surface area contributed by atoms with E-state index in [1.54, 1.807) is 29.2 Å². The average Bonchev–Trinajstić information content (AvgIpc) is 3.31. The number of carbonyl (C=O) groups excluding carboxylic acids is 3. The maximum Gasteiger partial charge on any atom is 0.317 e. The quantitative estimate of drug-likeness (QED) is 0.628. The van der Waals surface area contributed by atoms with Crippen molar-refractivity contribution in [3.63, 3.8) is 0 Å². The number of anilines is 1. The van der Waals surface area contributed by atoms with Crippen molar-refractivity contribution in [3.05, 3.63) is 24.3 Å². The van der Waals surface area contributed by atoms with Gasteiger partial charge in [-0.25, -0.2) is 0 Å². The molecule has 2 amide bonds. The molecule has 6 heteroatoms. The number of nitrogens with one attached hydrogen (secondary N) is 1. The standard InChI is InChI=1S/C20H24N2O4/c23-17(13-22-11-2-6-18(22)24)21-15-4-1-5-16(12-15)26-19(25)20(9-3-10-20)14-7-8-14/h1,4-5,12,14H,2-3,6-11,13H2,(H,21,23). The number of ether oxygens (including phenoxy) is 1. The number of nitrogens with zero attached hydrogens (tertiary/aromatic N) is 1. The second-order valence-electron chi connectivity index (χ2n) is 7.67. The SMILES string of the molecule is O=C(CN1CCCC1=O)Nc1cccc(OC(=O)C2(C3CC3)CCC2)c1. The fraction of sp³-hybridized carbons (Fsp3) is 0.550. The van der Waals surface area contributed by atoms with Crippen LogP contribution in [0.4, 0.5) is 5.69 Å². The second-order valence-corrected chi connectivity index (χ2v) is 7.67. The van der Waals surface area contributed by atoms with Gasteiger partial charge in [0.05, 0.1) is 12.0 Å². The molecule has 0 spiro atoms. The van der Waals surface area contributed by atoms with Gasteiger partial charge in [-0.3, -0.25) is 14.4 Å². The molecule has 0 aromatic heterocycles. The first kappa shape index (κ1) is 17.1. The number of esters is 1. The van der Waals surface area contributed by atoms with Crippen LogP contribution in [0.3, 0.4) is 0 Å². The Morgan fingerprint density at radius 3 is 2.65 bits per heavy atom.